The molecular weight excluding hydrogens is 300 g/mol. The van der Waals surface area contributed by atoms with Crippen molar-refractivity contribution in [3.05, 3.63) is 46.6 Å². The first-order valence-corrected chi connectivity index (χ1v) is 8.88. The lowest BCUT2D eigenvalue weighted by atomic mass is 9.94. The van der Waals surface area contributed by atoms with Crippen molar-refractivity contribution in [1.29, 1.82) is 0 Å². The Morgan fingerprint density at radius 1 is 1.21 bits per heavy atom. The fourth-order valence-electron chi connectivity index (χ4n) is 3.19. The Bertz CT molecular complexity index is 590. The van der Waals surface area contributed by atoms with Gasteiger partial charge in [0.05, 0.1) is 6.10 Å². The summed E-state index contributed by atoms with van der Waals surface area (Å²) in [6.45, 7) is 8.61. The van der Waals surface area contributed by atoms with Gasteiger partial charge >= 0.3 is 5.97 Å². The quantitative estimate of drug-likeness (QED) is 0.533. The Hall–Kier alpha value is -1.61. The van der Waals surface area contributed by atoms with E-state index in [1.165, 1.54) is 16.7 Å². The molecule has 24 heavy (non-hydrogen) atoms. The molecule has 3 nitrogen and oxygen atoms in total. The highest BCUT2D eigenvalue weighted by Gasteiger charge is 2.25. The molecule has 0 N–H and O–H groups in total. The molecule has 0 aromatic heterocycles. The smallest absolute Gasteiger partial charge is 0.334 e. The molecule has 0 unspecified atom stereocenters. The minimum Gasteiger partial charge on any atom is -0.454 e. The predicted molar refractivity (Wildman–Crippen MR) is 97.7 cm³/mol. The van der Waals surface area contributed by atoms with Crippen LogP contribution in [0.25, 0.3) is 0 Å². The molecule has 2 aliphatic rings. The molecule has 0 spiro atoms. The van der Waals surface area contributed by atoms with E-state index in [9.17, 15) is 4.79 Å². The van der Waals surface area contributed by atoms with Crippen LogP contribution in [-0.2, 0) is 14.3 Å². The summed E-state index contributed by atoms with van der Waals surface area (Å²) in [5.74, 6) is 0.311. The van der Waals surface area contributed by atoms with Crippen LogP contribution in [0.3, 0.4) is 0 Å². The molecule has 2 rings (SSSR count). The third-order valence-corrected chi connectivity index (χ3v) is 4.89. The highest BCUT2D eigenvalue weighted by Crippen LogP contribution is 2.27. The first-order valence-electron chi connectivity index (χ1n) is 8.88. The number of hydrogen-bond donors (Lipinski definition) is 0. The van der Waals surface area contributed by atoms with Gasteiger partial charge in [0.2, 0.25) is 0 Å². The van der Waals surface area contributed by atoms with E-state index in [4.69, 9.17) is 9.47 Å². The lowest BCUT2D eigenvalue weighted by Crippen LogP contribution is -2.12. The molecule has 0 radical (unpaired) electrons. The Morgan fingerprint density at radius 2 is 1.96 bits per heavy atom. The van der Waals surface area contributed by atoms with Gasteiger partial charge in [-0.3, -0.25) is 0 Å². The molecule has 1 heterocycles. The summed E-state index contributed by atoms with van der Waals surface area (Å²) in [6, 6.07) is 0. The Balaban J connectivity index is 2.31. The number of carbonyl (C=O) groups excluding carboxylic acids is 1. The third kappa shape index (κ3) is 4.94. The summed E-state index contributed by atoms with van der Waals surface area (Å²) in [5, 5.41) is 0. The maximum Gasteiger partial charge on any atom is 0.334 e. The second-order valence-corrected chi connectivity index (χ2v) is 7.16. The van der Waals surface area contributed by atoms with Crippen molar-refractivity contribution in [1.82, 2.24) is 0 Å². The van der Waals surface area contributed by atoms with Crippen LogP contribution in [-0.4, -0.2) is 25.3 Å². The molecule has 0 fully saturated rings. The van der Waals surface area contributed by atoms with E-state index in [0.717, 1.165) is 31.3 Å². The molecule has 132 valence electrons. The Morgan fingerprint density at radius 3 is 2.62 bits per heavy atom. The summed E-state index contributed by atoms with van der Waals surface area (Å²) >= 11 is 0. The van der Waals surface area contributed by atoms with Gasteiger partial charge in [-0.05, 0) is 50.7 Å². The van der Waals surface area contributed by atoms with Gasteiger partial charge < -0.3 is 9.47 Å². The van der Waals surface area contributed by atoms with Gasteiger partial charge in [0.25, 0.3) is 0 Å². The zero-order valence-corrected chi connectivity index (χ0v) is 15.6. The molecule has 0 saturated carbocycles. The predicted octanol–water partition coefficient (Wildman–Crippen LogP) is 4.90. The average molecular weight is 330 g/mol. The summed E-state index contributed by atoms with van der Waals surface area (Å²) in [4.78, 5) is 12.1. The van der Waals surface area contributed by atoms with Gasteiger partial charge in [0.1, 0.15) is 6.10 Å². The minimum absolute atomic E-state index is 0.0878. The lowest BCUT2D eigenvalue weighted by Gasteiger charge is -2.16. The van der Waals surface area contributed by atoms with E-state index in [0.29, 0.717) is 5.92 Å². The summed E-state index contributed by atoms with van der Waals surface area (Å²) in [7, 11) is 1.76. The van der Waals surface area contributed by atoms with E-state index >= 15 is 0 Å². The van der Waals surface area contributed by atoms with Crippen molar-refractivity contribution in [2.24, 2.45) is 5.92 Å². The molecule has 0 aromatic rings. The molecule has 1 aliphatic heterocycles. The third-order valence-electron chi connectivity index (χ3n) is 4.89. The van der Waals surface area contributed by atoms with Crippen molar-refractivity contribution >= 4 is 5.97 Å². The number of fused-ring (bicyclic) bond motifs is 1. The number of rotatable bonds is 2. The van der Waals surface area contributed by atoms with Gasteiger partial charge in [-0.1, -0.05) is 43.2 Å². The Labute approximate surface area is 146 Å². The second-order valence-electron chi connectivity index (χ2n) is 7.16. The number of ether oxygens (including phenoxy) is 2. The maximum atomic E-state index is 12.1. The van der Waals surface area contributed by atoms with E-state index in [1.807, 2.05) is 6.08 Å². The van der Waals surface area contributed by atoms with Gasteiger partial charge in [0, 0.05) is 19.1 Å². The van der Waals surface area contributed by atoms with Crippen LogP contribution >= 0.6 is 0 Å². The summed E-state index contributed by atoms with van der Waals surface area (Å²) in [6.07, 6.45) is 11.8. The molecule has 0 saturated heterocycles. The van der Waals surface area contributed by atoms with Crippen LogP contribution in [0.5, 0.6) is 0 Å². The van der Waals surface area contributed by atoms with E-state index in [2.05, 4.69) is 45.9 Å². The number of methoxy groups -OCH3 is 1. The van der Waals surface area contributed by atoms with Crippen LogP contribution in [0, 0.1) is 5.92 Å². The van der Waals surface area contributed by atoms with Crippen LogP contribution < -0.4 is 0 Å². The van der Waals surface area contributed by atoms with Gasteiger partial charge in [-0.25, -0.2) is 4.79 Å². The van der Waals surface area contributed by atoms with E-state index < -0.39 is 0 Å². The minimum atomic E-state index is -0.146. The van der Waals surface area contributed by atoms with E-state index in [-0.39, 0.29) is 18.2 Å². The van der Waals surface area contributed by atoms with Gasteiger partial charge in [0.15, 0.2) is 0 Å². The molecule has 1 aliphatic carbocycles. The average Bonchev–Trinajstić information content (AvgIpc) is 2.86. The van der Waals surface area contributed by atoms with Crippen LogP contribution in [0.4, 0.5) is 0 Å². The van der Waals surface area contributed by atoms with Crippen molar-refractivity contribution < 1.29 is 14.3 Å². The van der Waals surface area contributed by atoms with Crippen LogP contribution in [0.1, 0.15) is 53.4 Å². The van der Waals surface area contributed by atoms with Crippen LogP contribution in [0.15, 0.2) is 46.6 Å². The van der Waals surface area contributed by atoms with Crippen molar-refractivity contribution in [2.45, 2.75) is 65.6 Å². The zero-order valence-electron chi connectivity index (χ0n) is 15.6. The van der Waals surface area contributed by atoms with Gasteiger partial charge in [-0.15, -0.1) is 0 Å². The normalized spacial score (nSPS) is 32.7. The first-order chi connectivity index (χ1) is 11.4. The summed E-state index contributed by atoms with van der Waals surface area (Å²) in [5.41, 5.74) is 4.64. The molecule has 2 atom stereocenters. The SMILES string of the molecule is CO[C@@H]1C/C=C(/C)C[C@H]2C=C(CC/C(C(C)C)=C\C=C/1C)C(=O)O2. The van der Waals surface area contributed by atoms with Crippen molar-refractivity contribution in [3.8, 4) is 0 Å². The molecule has 0 amide bonds. The maximum absolute atomic E-state index is 12.1. The second kappa shape index (κ2) is 8.48. The number of esters is 1. The summed E-state index contributed by atoms with van der Waals surface area (Å²) < 4.78 is 11.2. The zero-order chi connectivity index (χ0) is 17.7. The number of carbonyl (C=O) groups is 1. The molecule has 3 heteroatoms. The van der Waals surface area contributed by atoms with E-state index in [1.54, 1.807) is 7.11 Å². The molecular formula is C21H30O3. The Kier molecular flexibility index (Phi) is 6.61. The lowest BCUT2D eigenvalue weighted by molar-refractivity contribution is -0.139. The first kappa shape index (κ1) is 18.7. The fraction of sp³-hybridized carbons (Fsp3) is 0.571. The number of allylic oxidation sites excluding steroid dienone is 3. The topological polar surface area (TPSA) is 35.5 Å². The largest absolute Gasteiger partial charge is 0.454 e. The highest BCUT2D eigenvalue weighted by atomic mass is 16.5. The monoisotopic (exact) mass is 330 g/mol. The van der Waals surface area contributed by atoms with Crippen LogP contribution in [0.2, 0.25) is 0 Å². The number of hydrogen-bond acceptors (Lipinski definition) is 3. The van der Waals surface area contributed by atoms with Crippen molar-refractivity contribution in [3.63, 3.8) is 0 Å². The standard InChI is InChI=1S/C21H30O3/c1-14(2)17-8-7-16(4)20(23-5)11-6-15(3)12-19-13-18(10-9-17)21(22)24-19/h6-8,13-14,19-20H,9-12H2,1-5H3/b15-6-,16-7-,17-8+/t19-,20+/m0/s1. The van der Waals surface area contributed by atoms with Crippen molar-refractivity contribution in [2.75, 3.05) is 7.11 Å². The van der Waals surface area contributed by atoms with Gasteiger partial charge in [-0.2, -0.15) is 0 Å². The fourth-order valence-corrected chi connectivity index (χ4v) is 3.19. The molecule has 2 bridgehead atoms. The molecule has 0 aromatic carbocycles. The highest BCUT2D eigenvalue weighted by molar-refractivity contribution is 5.90.